The monoisotopic (exact) mass is 270 g/mol. The number of hydrogen-bond donors (Lipinski definition) is 0. The molecule has 0 bridgehead atoms. The lowest BCUT2D eigenvalue weighted by Crippen LogP contribution is -1.95. The predicted molar refractivity (Wildman–Crippen MR) is 79.3 cm³/mol. The van der Waals surface area contributed by atoms with Crippen LogP contribution in [0.15, 0.2) is 40.8 Å². The molecule has 0 N–H and O–H groups in total. The highest BCUT2D eigenvalue weighted by atomic mass is 16.5. The zero-order valence-corrected chi connectivity index (χ0v) is 12.2. The Bertz CT molecular complexity index is 663. The summed E-state index contributed by atoms with van der Waals surface area (Å²) in [5, 5.41) is 0. The van der Waals surface area contributed by atoms with Crippen molar-refractivity contribution < 1.29 is 13.9 Å². The van der Waals surface area contributed by atoms with Crippen LogP contribution in [-0.4, -0.2) is 13.1 Å². The van der Waals surface area contributed by atoms with E-state index in [9.17, 15) is 4.79 Å². The van der Waals surface area contributed by atoms with Gasteiger partial charge in [-0.1, -0.05) is 12.1 Å². The maximum absolute atomic E-state index is 11.2. The van der Waals surface area contributed by atoms with Crippen molar-refractivity contribution in [2.24, 2.45) is 0 Å². The lowest BCUT2D eigenvalue weighted by atomic mass is 10.1. The molecule has 0 radical (unpaired) electrons. The molecule has 0 aliphatic rings. The SMILES string of the molecule is COC(=O)/C=C(\C)c1ccc(-c2ccc(C)c(C)c2)o1. The van der Waals surface area contributed by atoms with Gasteiger partial charge in [-0.3, -0.25) is 0 Å². The molecule has 104 valence electrons. The molecule has 2 rings (SSSR count). The fraction of sp³-hybridized carbons (Fsp3) is 0.235. The van der Waals surface area contributed by atoms with Crippen molar-refractivity contribution in [3.05, 3.63) is 53.3 Å². The molecule has 0 saturated heterocycles. The Morgan fingerprint density at radius 1 is 1.15 bits per heavy atom. The van der Waals surface area contributed by atoms with Gasteiger partial charge in [0.15, 0.2) is 0 Å². The van der Waals surface area contributed by atoms with Gasteiger partial charge in [-0.2, -0.15) is 0 Å². The molecule has 0 atom stereocenters. The van der Waals surface area contributed by atoms with Crippen LogP contribution >= 0.6 is 0 Å². The van der Waals surface area contributed by atoms with Crippen molar-refractivity contribution in [2.45, 2.75) is 20.8 Å². The van der Waals surface area contributed by atoms with Crippen LogP contribution in [0.5, 0.6) is 0 Å². The minimum absolute atomic E-state index is 0.383. The van der Waals surface area contributed by atoms with Crippen LogP contribution in [0.2, 0.25) is 0 Å². The largest absolute Gasteiger partial charge is 0.466 e. The summed E-state index contributed by atoms with van der Waals surface area (Å²) < 4.78 is 10.4. The molecule has 3 nitrogen and oxygen atoms in total. The lowest BCUT2D eigenvalue weighted by molar-refractivity contribution is -0.134. The number of furan rings is 1. The highest BCUT2D eigenvalue weighted by molar-refractivity contribution is 5.90. The first-order valence-corrected chi connectivity index (χ1v) is 6.45. The number of allylic oxidation sites excluding steroid dienone is 1. The number of methoxy groups -OCH3 is 1. The van der Waals surface area contributed by atoms with E-state index in [2.05, 4.69) is 30.7 Å². The minimum Gasteiger partial charge on any atom is -0.466 e. The van der Waals surface area contributed by atoms with Gasteiger partial charge in [-0.15, -0.1) is 0 Å². The molecule has 0 amide bonds. The molecule has 1 aromatic heterocycles. The van der Waals surface area contributed by atoms with Crippen LogP contribution in [0.25, 0.3) is 16.9 Å². The third-order valence-electron chi connectivity index (χ3n) is 3.32. The normalized spacial score (nSPS) is 11.5. The summed E-state index contributed by atoms with van der Waals surface area (Å²) in [6.07, 6.45) is 1.42. The van der Waals surface area contributed by atoms with E-state index in [1.807, 2.05) is 25.1 Å². The van der Waals surface area contributed by atoms with Gasteiger partial charge in [0.2, 0.25) is 0 Å². The summed E-state index contributed by atoms with van der Waals surface area (Å²) in [6, 6.07) is 9.97. The van der Waals surface area contributed by atoms with E-state index < -0.39 is 0 Å². The molecule has 1 aromatic carbocycles. The molecule has 0 unspecified atom stereocenters. The number of carbonyl (C=O) groups is 1. The maximum atomic E-state index is 11.2. The molecule has 0 spiro atoms. The van der Waals surface area contributed by atoms with Crippen LogP contribution in [0, 0.1) is 13.8 Å². The van der Waals surface area contributed by atoms with E-state index >= 15 is 0 Å². The Labute approximate surface area is 118 Å². The van der Waals surface area contributed by atoms with Crippen molar-refractivity contribution in [1.82, 2.24) is 0 Å². The maximum Gasteiger partial charge on any atom is 0.330 e. The predicted octanol–water partition coefficient (Wildman–Crippen LogP) is 4.14. The van der Waals surface area contributed by atoms with E-state index in [0.717, 1.165) is 16.9 Å². The third-order valence-corrected chi connectivity index (χ3v) is 3.32. The number of hydrogen-bond acceptors (Lipinski definition) is 3. The van der Waals surface area contributed by atoms with Gasteiger partial charge >= 0.3 is 5.97 Å². The van der Waals surface area contributed by atoms with Gasteiger partial charge in [0.1, 0.15) is 11.5 Å². The average Bonchev–Trinajstić information content (AvgIpc) is 2.91. The lowest BCUT2D eigenvalue weighted by Gasteiger charge is -2.03. The summed E-state index contributed by atoms with van der Waals surface area (Å²) in [7, 11) is 1.36. The van der Waals surface area contributed by atoms with Crippen molar-refractivity contribution in [3.63, 3.8) is 0 Å². The molecular weight excluding hydrogens is 252 g/mol. The first-order valence-electron chi connectivity index (χ1n) is 6.45. The second kappa shape index (κ2) is 5.78. The van der Waals surface area contributed by atoms with E-state index in [0.29, 0.717) is 5.76 Å². The van der Waals surface area contributed by atoms with E-state index in [1.54, 1.807) is 0 Å². The Morgan fingerprint density at radius 2 is 1.90 bits per heavy atom. The van der Waals surface area contributed by atoms with Crippen LogP contribution in [0.3, 0.4) is 0 Å². The van der Waals surface area contributed by atoms with Crippen molar-refractivity contribution in [2.75, 3.05) is 7.11 Å². The van der Waals surface area contributed by atoms with E-state index in [1.165, 1.54) is 24.3 Å². The summed E-state index contributed by atoms with van der Waals surface area (Å²) in [5.74, 6) is 1.08. The van der Waals surface area contributed by atoms with Crippen molar-refractivity contribution in [1.29, 1.82) is 0 Å². The van der Waals surface area contributed by atoms with E-state index in [-0.39, 0.29) is 5.97 Å². The third kappa shape index (κ3) is 2.99. The first-order chi connectivity index (χ1) is 9.51. The van der Waals surface area contributed by atoms with Crippen LogP contribution in [-0.2, 0) is 9.53 Å². The highest BCUT2D eigenvalue weighted by Gasteiger charge is 2.08. The zero-order chi connectivity index (χ0) is 14.7. The number of esters is 1. The molecule has 0 fully saturated rings. The Kier molecular flexibility index (Phi) is 4.08. The molecule has 0 aliphatic carbocycles. The smallest absolute Gasteiger partial charge is 0.330 e. The van der Waals surface area contributed by atoms with Gasteiger partial charge in [-0.25, -0.2) is 4.79 Å². The molecule has 0 aliphatic heterocycles. The fourth-order valence-electron chi connectivity index (χ4n) is 1.91. The van der Waals surface area contributed by atoms with Crippen molar-refractivity contribution in [3.8, 4) is 11.3 Å². The minimum atomic E-state index is -0.383. The molecule has 3 heteroatoms. The number of rotatable bonds is 3. The van der Waals surface area contributed by atoms with Gasteiger partial charge in [0, 0.05) is 11.6 Å². The standard InChI is InChI=1S/C17H18O3/c1-11-5-6-14(9-12(11)2)16-8-7-15(20-16)13(3)10-17(18)19-4/h5-10H,1-4H3/b13-10+. The molecule has 20 heavy (non-hydrogen) atoms. The van der Waals surface area contributed by atoms with Gasteiger partial charge in [0.05, 0.1) is 7.11 Å². The Hall–Kier alpha value is -2.29. The molecular formula is C17H18O3. The Morgan fingerprint density at radius 3 is 2.55 bits per heavy atom. The molecule has 1 heterocycles. The summed E-state index contributed by atoms with van der Waals surface area (Å²) >= 11 is 0. The van der Waals surface area contributed by atoms with Gasteiger partial charge in [0.25, 0.3) is 0 Å². The van der Waals surface area contributed by atoms with Gasteiger partial charge < -0.3 is 9.15 Å². The number of ether oxygens (including phenoxy) is 1. The Balaban J connectivity index is 2.31. The van der Waals surface area contributed by atoms with Crippen molar-refractivity contribution >= 4 is 11.5 Å². The van der Waals surface area contributed by atoms with Crippen LogP contribution < -0.4 is 0 Å². The highest BCUT2D eigenvalue weighted by Crippen LogP contribution is 2.27. The number of aryl methyl sites for hydroxylation is 2. The first kappa shape index (κ1) is 14.1. The summed E-state index contributed by atoms with van der Waals surface area (Å²) in [5.41, 5.74) is 4.25. The van der Waals surface area contributed by atoms with Crippen LogP contribution in [0.4, 0.5) is 0 Å². The topological polar surface area (TPSA) is 39.4 Å². The second-order valence-corrected chi connectivity index (χ2v) is 4.81. The summed E-state index contributed by atoms with van der Waals surface area (Å²) in [6.45, 7) is 5.97. The number of benzene rings is 1. The van der Waals surface area contributed by atoms with E-state index in [4.69, 9.17) is 4.42 Å². The average molecular weight is 270 g/mol. The second-order valence-electron chi connectivity index (χ2n) is 4.81. The summed E-state index contributed by atoms with van der Waals surface area (Å²) in [4.78, 5) is 11.2. The number of carbonyl (C=O) groups excluding carboxylic acids is 1. The quantitative estimate of drug-likeness (QED) is 0.621. The molecule has 0 saturated carbocycles. The molecule has 2 aromatic rings. The van der Waals surface area contributed by atoms with Gasteiger partial charge in [-0.05, 0) is 55.7 Å². The fourth-order valence-corrected chi connectivity index (χ4v) is 1.91. The zero-order valence-electron chi connectivity index (χ0n) is 12.2. The van der Waals surface area contributed by atoms with Crippen LogP contribution in [0.1, 0.15) is 23.8 Å².